The third kappa shape index (κ3) is 4.65. The van der Waals surface area contributed by atoms with Gasteiger partial charge in [-0.25, -0.2) is 9.59 Å². The van der Waals surface area contributed by atoms with Crippen molar-refractivity contribution < 1.29 is 14.7 Å². The van der Waals surface area contributed by atoms with Gasteiger partial charge in [0, 0.05) is 5.69 Å². The zero-order valence-corrected chi connectivity index (χ0v) is 12.7. The first kappa shape index (κ1) is 16.8. The van der Waals surface area contributed by atoms with Crippen LogP contribution in [0.1, 0.15) is 26.3 Å². The van der Waals surface area contributed by atoms with E-state index < -0.39 is 23.5 Å². The van der Waals surface area contributed by atoms with Gasteiger partial charge in [-0.15, -0.1) is 0 Å². The number of amides is 2. The molecule has 1 aromatic rings. The minimum atomic E-state index is -1.12. The summed E-state index contributed by atoms with van der Waals surface area (Å²) >= 11 is 5.85. The Balaban J connectivity index is 2.80. The van der Waals surface area contributed by atoms with Crippen molar-refractivity contribution in [2.75, 3.05) is 5.32 Å². The molecule has 1 unspecified atom stereocenters. The van der Waals surface area contributed by atoms with Gasteiger partial charge in [-0.2, -0.15) is 5.26 Å². The van der Waals surface area contributed by atoms with Gasteiger partial charge in [0.25, 0.3) is 0 Å². The molecule has 0 saturated heterocycles. The summed E-state index contributed by atoms with van der Waals surface area (Å²) in [6.07, 6.45) is 0. The number of halogens is 1. The first-order valence-electron chi connectivity index (χ1n) is 6.15. The van der Waals surface area contributed by atoms with Crippen molar-refractivity contribution >= 4 is 29.3 Å². The number of rotatable bonds is 3. The predicted octanol–water partition coefficient (Wildman–Crippen LogP) is 2.83. The number of nitrogens with zero attached hydrogens (tertiary/aromatic N) is 1. The van der Waals surface area contributed by atoms with Crippen LogP contribution in [0.3, 0.4) is 0 Å². The quantitative estimate of drug-likeness (QED) is 0.798. The molecule has 7 heteroatoms. The number of hydrogen-bond acceptors (Lipinski definition) is 3. The van der Waals surface area contributed by atoms with Gasteiger partial charge >= 0.3 is 12.0 Å². The van der Waals surface area contributed by atoms with Gasteiger partial charge in [0.15, 0.2) is 0 Å². The van der Waals surface area contributed by atoms with Crippen LogP contribution < -0.4 is 10.6 Å². The Labute approximate surface area is 127 Å². The Morgan fingerprint density at radius 1 is 1.38 bits per heavy atom. The number of aliphatic carboxylic acids is 1. The molecule has 0 heterocycles. The zero-order chi connectivity index (χ0) is 16.2. The number of nitrogens with one attached hydrogen (secondary N) is 2. The van der Waals surface area contributed by atoms with Crippen molar-refractivity contribution in [1.29, 1.82) is 5.26 Å². The number of hydrogen-bond donors (Lipinski definition) is 3. The summed E-state index contributed by atoms with van der Waals surface area (Å²) in [5.41, 5.74) is 0.0288. The lowest BCUT2D eigenvalue weighted by atomic mass is 9.87. The first-order valence-corrected chi connectivity index (χ1v) is 6.53. The van der Waals surface area contributed by atoms with E-state index in [9.17, 15) is 9.59 Å². The lowest BCUT2D eigenvalue weighted by molar-refractivity contribution is -0.141. The number of carbonyl (C=O) groups is 2. The van der Waals surface area contributed by atoms with Gasteiger partial charge in [0.1, 0.15) is 12.1 Å². The highest BCUT2D eigenvalue weighted by Gasteiger charge is 2.32. The maximum absolute atomic E-state index is 11.8. The van der Waals surface area contributed by atoms with Crippen molar-refractivity contribution in [3.05, 3.63) is 28.8 Å². The molecule has 0 aromatic heterocycles. The molecule has 0 aliphatic carbocycles. The SMILES string of the molecule is CC(C)(C)C(NC(=O)Nc1ccc(C#N)c(Cl)c1)C(=O)O. The minimum Gasteiger partial charge on any atom is -0.480 e. The van der Waals surface area contributed by atoms with Crippen molar-refractivity contribution in [3.8, 4) is 6.07 Å². The predicted molar refractivity (Wildman–Crippen MR) is 79.2 cm³/mol. The van der Waals surface area contributed by atoms with E-state index in [0.29, 0.717) is 11.3 Å². The summed E-state index contributed by atoms with van der Waals surface area (Å²) in [5.74, 6) is -1.12. The fourth-order valence-corrected chi connectivity index (χ4v) is 1.85. The van der Waals surface area contributed by atoms with Crippen LogP contribution in [0.25, 0.3) is 0 Å². The van der Waals surface area contributed by atoms with E-state index in [4.69, 9.17) is 22.0 Å². The molecule has 0 saturated carbocycles. The second-order valence-corrected chi connectivity index (χ2v) is 5.95. The van der Waals surface area contributed by atoms with Crippen molar-refractivity contribution in [1.82, 2.24) is 5.32 Å². The Bertz CT molecular complexity index is 602. The van der Waals surface area contributed by atoms with Gasteiger partial charge in [-0.3, -0.25) is 0 Å². The Hall–Kier alpha value is -2.26. The average molecular weight is 310 g/mol. The minimum absolute atomic E-state index is 0.209. The Kier molecular flexibility index (Phi) is 5.17. The van der Waals surface area contributed by atoms with Crippen LogP contribution in [0.4, 0.5) is 10.5 Å². The first-order chi connectivity index (χ1) is 9.65. The normalized spacial score (nSPS) is 12.1. The molecule has 112 valence electrons. The van der Waals surface area contributed by atoms with Crippen LogP contribution in [0.5, 0.6) is 0 Å². The lowest BCUT2D eigenvalue weighted by Gasteiger charge is -2.27. The van der Waals surface area contributed by atoms with Crippen LogP contribution in [0, 0.1) is 16.7 Å². The second-order valence-electron chi connectivity index (χ2n) is 5.54. The topological polar surface area (TPSA) is 102 Å². The van der Waals surface area contributed by atoms with Crippen molar-refractivity contribution in [2.24, 2.45) is 5.41 Å². The monoisotopic (exact) mass is 309 g/mol. The summed E-state index contributed by atoms with van der Waals surface area (Å²) in [7, 11) is 0. The Morgan fingerprint density at radius 3 is 2.43 bits per heavy atom. The van der Waals surface area contributed by atoms with Gasteiger partial charge in [0.2, 0.25) is 0 Å². The molecule has 0 radical (unpaired) electrons. The van der Waals surface area contributed by atoms with Gasteiger partial charge in [0.05, 0.1) is 10.6 Å². The van der Waals surface area contributed by atoms with E-state index in [-0.39, 0.29) is 5.02 Å². The molecule has 3 N–H and O–H groups in total. The lowest BCUT2D eigenvalue weighted by Crippen LogP contribution is -2.50. The molecule has 1 aromatic carbocycles. The molecule has 6 nitrogen and oxygen atoms in total. The zero-order valence-electron chi connectivity index (χ0n) is 11.9. The molecular formula is C14H16ClN3O3. The van der Waals surface area contributed by atoms with E-state index in [2.05, 4.69) is 10.6 Å². The number of carboxylic acids is 1. The Morgan fingerprint density at radius 2 is 2.00 bits per heavy atom. The highest BCUT2D eigenvalue weighted by Crippen LogP contribution is 2.21. The van der Waals surface area contributed by atoms with Crippen LogP contribution in [-0.2, 0) is 4.79 Å². The summed E-state index contributed by atoms with van der Waals surface area (Å²) in [6.45, 7) is 5.14. The number of carbonyl (C=O) groups excluding carboxylic acids is 1. The fraction of sp³-hybridized carbons (Fsp3) is 0.357. The maximum Gasteiger partial charge on any atom is 0.326 e. The second kappa shape index (κ2) is 6.46. The standard InChI is InChI=1S/C14H16ClN3O3/c1-14(2,3)11(12(19)20)18-13(21)17-9-5-4-8(7-16)10(15)6-9/h4-6,11H,1-3H3,(H,19,20)(H2,17,18,21). The fourth-order valence-electron chi connectivity index (χ4n) is 1.63. The summed E-state index contributed by atoms with van der Waals surface area (Å²) in [6, 6.07) is 4.62. The molecule has 0 aliphatic rings. The number of urea groups is 1. The molecule has 0 aliphatic heterocycles. The third-order valence-corrected chi connectivity index (χ3v) is 3.05. The van der Waals surface area contributed by atoms with Gasteiger partial charge in [-0.1, -0.05) is 32.4 Å². The molecule has 0 bridgehead atoms. The number of benzene rings is 1. The van der Waals surface area contributed by atoms with Gasteiger partial charge < -0.3 is 15.7 Å². The third-order valence-electron chi connectivity index (χ3n) is 2.74. The van der Waals surface area contributed by atoms with E-state index in [1.165, 1.54) is 18.2 Å². The molecular weight excluding hydrogens is 294 g/mol. The van der Waals surface area contributed by atoms with E-state index in [1.807, 2.05) is 6.07 Å². The number of nitriles is 1. The van der Waals surface area contributed by atoms with Crippen LogP contribution >= 0.6 is 11.6 Å². The maximum atomic E-state index is 11.8. The summed E-state index contributed by atoms with van der Waals surface area (Å²) in [4.78, 5) is 23.0. The summed E-state index contributed by atoms with van der Waals surface area (Å²) in [5, 5.41) is 23.0. The number of carboxylic acid groups (broad SMARTS) is 1. The van der Waals surface area contributed by atoms with E-state index >= 15 is 0 Å². The molecule has 0 fully saturated rings. The van der Waals surface area contributed by atoms with Crippen LogP contribution in [0.2, 0.25) is 5.02 Å². The van der Waals surface area contributed by atoms with E-state index in [1.54, 1.807) is 20.8 Å². The van der Waals surface area contributed by atoms with Crippen LogP contribution in [0.15, 0.2) is 18.2 Å². The molecule has 21 heavy (non-hydrogen) atoms. The van der Waals surface area contributed by atoms with Crippen LogP contribution in [-0.4, -0.2) is 23.1 Å². The van der Waals surface area contributed by atoms with E-state index in [0.717, 1.165) is 0 Å². The molecule has 1 rings (SSSR count). The van der Waals surface area contributed by atoms with Crippen molar-refractivity contribution in [2.45, 2.75) is 26.8 Å². The van der Waals surface area contributed by atoms with Crippen molar-refractivity contribution in [3.63, 3.8) is 0 Å². The highest BCUT2D eigenvalue weighted by molar-refractivity contribution is 6.32. The van der Waals surface area contributed by atoms with Gasteiger partial charge in [-0.05, 0) is 23.6 Å². The smallest absolute Gasteiger partial charge is 0.326 e. The average Bonchev–Trinajstić information content (AvgIpc) is 2.34. The molecule has 1 atom stereocenters. The highest BCUT2D eigenvalue weighted by atomic mass is 35.5. The molecule has 2 amide bonds. The largest absolute Gasteiger partial charge is 0.480 e. The molecule has 0 spiro atoms. The summed E-state index contributed by atoms with van der Waals surface area (Å²) < 4.78 is 0. The number of anilines is 1.